The van der Waals surface area contributed by atoms with Crippen molar-refractivity contribution in [2.24, 2.45) is 0 Å². The monoisotopic (exact) mass is 181 g/mol. The predicted octanol–water partition coefficient (Wildman–Crippen LogP) is 3.01. The maximum absolute atomic E-state index is 11.1. The molecule has 0 saturated carbocycles. The van der Waals surface area contributed by atoms with Crippen LogP contribution in [-0.2, 0) is 9.53 Å². The summed E-state index contributed by atoms with van der Waals surface area (Å²) in [5.74, 6) is 0.346. The summed E-state index contributed by atoms with van der Waals surface area (Å²) < 4.78 is 5.08. The molecule has 0 rings (SSSR count). The van der Waals surface area contributed by atoms with Crippen LogP contribution in [0.25, 0.3) is 0 Å². The van der Waals surface area contributed by atoms with E-state index in [1.807, 2.05) is 13.0 Å². The van der Waals surface area contributed by atoms with Crippen LogP contribution in [-0.4, -0.2) is 5.97 Å². The van der Waals surface area contributed by atoms with E-state index in [1.54, 1.807) is 6.92 Å². The first-order chi connectivity index (χ1) is 6.11. The molecule has 0 saturated heterocycles. The van der Waals surface area contributed by atoms with Gasteiger partial charge in [-0.3, -0.25) is 0 Å². The smallest absolute Gasteiger partial charge is 0.338 e. The lowest BCUT2D eigenvalue weighted by molar-refractivity contribution is -0.135. The first kappa shape index (κ1) is 11.9. The maximum Gasteiger partial charge on any atom is 0.338 e. The summed E-state index contributed by atoms with van der Waals surface area (Å²) in [7, 11) is 0. The van der Waals surface area contributed by atoms with Gasteiger partial charge in [-0.25, -0.2) is 4.79 Å². The third-order valence-corrected chi connectivity index (χ3v) is 1.43. The molecule has 0 aromatic carbocycles. The second-order valence-electron chi connectivity index (χ2n) is 2.85. The van der Waals surface area contributed by atoms with E-state index < -0.39 is 0 Å². The highest BCUT2D eigenvalue weighted by Crippen LogP contribution is 2.09. The Balaban J connectivity index is 4.18. The molecule has 2 heteroatoms. The van der Waals surface area contributed by atoms with Gasteiger partial charge < -0.3 is 4.74 Å². The zero-order valence-electron chi connectivity index (χ0n) is 8.43. The summed E-state index contributed by atoms with van der Waals surface area (Å²) in [5, 5.41) is 0. The Morgan fingerprint density at radius 1 is 1.54 bits per heavy atom. The van der Waals surface area contributed by atoms with Crippen LogP contribution in [0.5, 0.6) is 0 Å². The lowest BCUT2D eigenvalue weighted by atomic mass is 10.2. The van der Waals surface area contributed by atoms with E-state index >= 15 is 0 Å². The van der Waals surface area contributed by atoms with Gasteiger partial charge in [-0.05, 0) is 25.8 Å². The van der Waals surface area contributed by atoms with Crippen molar-refractivity contribution in [1.82, 2.24) is 0 Å². The standard InChI is InChI=1S/C11H17O2/c1-5-7-10(8-6-2)13-11(12)9(3)4/h8H,1,3,5-7H2,2,4H3. The van der Waals surface area contributed by atoms with Crippen molar-refractivity contribution in [3.8, 4) is 0 Å². The number of allylic oxidation sites excluding steroid dienone is 2. The quantitative estimate of drug-likeness (QED) is 0.370. The van der Waals surface area contributed by atoms with E-state index in [0.717, 1.165) is 12.8 Å². The molecular formula is C11H17O2. The number of carbonyl (C=O) groups excluding carboxylic acids is 1. The minimum absolute atomic E-state index is 0.354. The second kappa shape index (κ2) is 6.46. The van der Waals surface area contributed by atoms with Crippen molar-refractivity contribution in [2.75, 3.05) is 0 Å². The van der Waals surface area contributed by atoms with Crippen molar-refractivity contribution in [3.63, 3.8) is 0 Å². The Kier molecular flexibility index (Phi) is 5.94. The van der Waals surface area contributed by atoms with Gasteiger partial charge in [0.1, 0.15) is 5.76 Å². The van der Waals surface area contributed by atoms with Crippen molar-refractivity contribution in [2.45, 2.75) is 33.1 Å². The summed E-state index contributed by atoms with van der Waals surface area (Å²) in [6.07, 6.45) is 4.19. The van der Waals surface area contributed by atoms with Crippen molar-refractivity contribution in [1.29, 1.82) is 0 Å². The topological polar surface area (TPSA) is 26.3 Å². The molecular weight excluding hydrogens is 164 g/mol. The molecule has 0 atom stereocenters. The van der Waals surface area contributed by atoms with Crippen LogP contribution in [0.4, 0.5) is 0 Å². The lowest BCUT2D eigenvalue weighted by Crippen LogP contribution is -2.04. The van der Waals surface area contributed by atoms with Gasteiger partial charge in [-0.2, -0.15) is 0 Å². The van der Waals surface area contributed by atoms with Crippen LogP contribution in [0.2, 0.25) is 0 Å². The van der Waals surface area contributed by atoms with Gasteiger partial charge in [0.25, 0.3) is 0 Å². The van der Waals surface area contributed by atoms with Crippen LogP contribution >= 0.6 is 0 Å². The first-order valence-corrected chi connectivity index (χ1v) is 4.47. The normalized spacial score (nSPS) is 11.2. The summed E-state index contributed by atoms with van der Waals surface area (Å²) in [6, 6.07) is 0. The van der Waals surface area contributed by atoms with Crippen LogP contribution in [0.1, 0.15) is 33.1 Å². The van der Waals surface area contributed by atoms with E-state index in [-0.39, 0.29) is 5.97 Å². The number of ether oxygens (including phenoxy) is 1. The molecule has 0 bridgehead atoms. The van der Waals surface area contributed by atoms with Gasteiger partial charge in [0.2, 0.25) is 0 Å². The maximum atomic E-state index is 11.1. The van der Waals surface area contributed by atoms with Gasteiger partial charge in [-0.1, -0.05) is 20.4 Å². The van der Waals surface area contributed by atoms with Gasteiger partial charge >= 0.3 is 5.97 Å². The molecule has 73 valence electrons. The van der Waals surface area contributed by atoms with Crippen LogP contribution in [0.3, 0.4) is 0 Å². The average Bonchev–Trinajstić information content (AvgIpc) is 2.05. The Morgan fingerprint density at radius 2 is 2.15 bits per heavy atom. The predicted molar refractivity (Wildman–Crippen MR) is 53.9 cm³/mol. The number of rotatable bonds is 5. The van der Waals surface area contributed by atoms with Crippen LogP contribution in [0.15, 0.2) is 24.0 Å². The van der Waals surface area contributed by atoms with Gasteiger partial charge in [0.05, 0.1) is 0 Å². The fourth-order valence-electron chi connectivity index (χ4n) is 0.803. The highest BCUT2D eigenvalue weighted by atomic mass is 16.5. The van der Waals surface area contributed by atoms with Gasteiger partial charge in [0.15, 0.2) is 0 Å². The Bertz CT molecular complexity index is 214. The fraction of sp³-hybridized carbons (Fsp3) is 0.455. The zero-order chi connectivity index (χ0) is 10.3. The molecule has 0 aliphatic carbocycles. The van der Waals surface area contributed by atoms with Crippen molar-refractivity contribution >= 4 is 5.97 Å². The van der Waals surface area contributed by atoms with Crippen LogP contribution < -0.4 is 0 Å². The molecule has 0 unspecified atom stereocenters. The molecule has 1 radical (unpaired) electrons. The Hall–Kier alpha value is -1.05. The number of hydrogen-bond acceptors (Lipinski definition) is 2. The molecule has 0 aromatic heterocycles. The second-order valence-corrected chi connectivity index (χ2v) is 2.85. The molecule has 2 nitrogen and oxygen atoms in total. The first-order valence-electron chi connectivity index (χ1n) is 4.47. The molecule has 0 aliphatic rings. The molecule has 13 heavy (non-hydrogen) atoms. The SMILES string of the molecule is [CH2]CCC(=CCC)OC(=O)C(=C)C. The number of carbonyl (C=O) groups is 1. The fourth-order valence-corrected chi connectivity index (χ4v) is 0.803. The van der Waals surface area contributed by atoms with Crippen LogP contribution in [0, 0.1) is 6.92 Å². The molecule has 0 spiro atoms. The molecule has 0 N–H and O–H groups in total. The molecule has 0 amide bonds. The van der Waals surface area contributed by atoms with Crippen molar-refractivity contribution < 1.29 is 9.53 Å². The van der Waals surface area contributed by atoms with Gasteiger partial charge in [0, 0.05) is 12.0 Å². The Labute approximate surface area is 80.3 Å². The molecule has 0 aromatic rings. The summed E-state index contributed by atoms with van der Waals surface area (Å²) >= 11 is 0. The zero-order valence-corrected chi connectivity index (χ0v) is 8.43. The number of esters is 1. The molecule has 0 heterocycles. The highest BCUT2D eigenvalue weighted by molar-refractivity contribution is 5.87. The molecule has 0 fully saturated rings. The number of hydrogen-bond donors (Lipinski definition) is 0. The minimum atomic E-state index is -0.354. The summed E-state index contributed by atoms with van der Waals surface area (Å²) in [4.78, 5) is 11.1. The van der Waals surface area contributed by atoms with Crippen molar-refractivity contribution in [3.05, 3.63) is 30.9 Å². The Morgan fingerprint density at radius 3 is 2.54 bits per heavy atom. The average molecular weight is 181 g/mol. The van der Waals surface area contributed by atoms with E-state index in [9.17, 15) is 4.79 Å². The van der Waals surface area contributed by atoms with Gasteiger partial charge in [-0.15, -0.1) is 0 Å². The van der Waals surface area contributed by atoms with E-state index in [0.29, 0.717) is 17.8 Å². The summed E-state index contributed by atoms with van der Waals surface area (Å²) in [5.41, 5.74) is 0.422. The molecule has 0 aliphatic heterocycles. The summed E-state index contributed by atoms with van der Waals surface area (Å²) in [6.45, 7) is 10.8. The lowest BCUT2D eigenvalue weighted by Gasteiger charge is -2.06. The van der Waals surface area contributed by atoms with E-state index in [1.165, 1.54) is 0 Å². The third-order valence-electron chi connectivity index (χ3n) is 1.43. The van der Waals surface area contributed by atoms with E-state index in [2.05, 4.69) is 13.5 Å². The third kappa shape index (κ3) is 5.23. The van der Waals surface area contributed by atoms with E-state index in [4.69, 9.17) is 4.74 Å². The highest BCUT2D eigenvalue weighted by Gasteiger charge is 2.06. The minimum Gasteiger partial charge on any atom is -0.428 e. The largest absolute Gasteiger partial charge is 0.428 e.